The first kappa shape index (κ1) is 13.1. The fraction of sp³-hybridized carbons (Fsp3) is 0.500. The molecule has 1 heterocycles. The number of tetrazole rings is 1. The average molecular weight is 273 g/mol. The lowest BCUT2D eigenvalue weighted by molar-refractivity contribution is -0.0510. The zero-order valence-electron chi connectivity index (χ0n) is 11.9. The molecule has 1 aromatic heterocycles. The van der Waals surface area contributed by atoms with Crippen LogP contribution in [0.25, 0.3) is 5.69 Å². The van der Waals surface area contributed by atoms with E-state index in [-0.39, 0.29) is 17.6 Å². The number of nitrogens with zero attached hydrogens (tertiary/aromatic N) is 4. The van der Waals surface area contributed by atoms with Crippen molar-refractivity contribution in [2.75, 3.05) is 5.32 Å². The fourth-order valence-corrected chi connectivity index (χ4v) is 2.57. The highest BCUT2D eigenvalue weighted by molar-refractivity contribution is 5.55. The van der Waals surface area contributed by atoms with Crippen LogP contribution in [0.2, 0.25) is 0 Å². The SMILES string of the molecule is Cc1ccc(NC2CC(O)C2(C)C)cc1-n1cnnn1. The molecular formula is C14H19N5O. The van der Waals surface area contributed by atoms with Crippen molar-refractivity contribution < 1.29 is 5.11 Å². The minimum Gasteiger partial charge on any atom is -0.392 e. The Bertz CT molecular complexity index is 608. The Morgan fingerprint density at radius 2 is 2.20 bits per heavy atom. The molecule has 6 nitrogen and oxygen atoms in total. The molecule has 0 saturated heterocycles. The Morgan fingerprint density at radius 1 is 1.40 bits per heavy atom. The van der Waals surface area contributed by atoms with Crippen LogP contribution in [0, 0.1) is 12.3 Å². The first-order valence-electron chi connectivity index (χ1n) is 6.77. The summed E-state index contributed by atoms with van der Waals surface area (Å²) in [5, 5.41) is 24.6. The number of aliphatic hydroxyl groups excluding tert-OH is 1. The molecule has 1 fully saturated rings. The molecule has 2 aromatic rings. The van der Waals surface area contributed by atoms with E-state index >= 15 is 0 Å². The molecule has 1 aliphatic rings. The summed E-state index contributed by atoms with van der Waals surface area (Å²) in [5.74, 6) is 0. The third kappa shape index (κ3) is 2.06. The molecule has 2 unspecified atom stereocenters. The van der Waals surface area contributed by atoms with Crippen molar-refractivity contribution in [1.29, 1.82) is 0 Å². The van der Waals surface area contributed by atoms with E-state index < -0.39 is 0 Å². The Labute approximate surface area is 117 Å². The molecule has 6 heteroatoms. The normalized spacial score (nSPS) is 24.2. The molecule has 0 spiro atoms. The van der Waals surface area contributed by atoms with E-state index in [1.165, 1.54) is 0 Å². The second-order valence-corrected chi connectivity index (χ2v) is 6.03. The summed E-state index contributed by atoms with van der Waals surface area (Å²) in [6.45, 7) is 6.18. The van der Waals surface area contributed by atoms with Gasteiger partial charge in [-0.05, 0) is 41.5 Å². The molecular weight excluding hydrogens is 254 g/mol. The first-order chi connectivity index (χ1) is 9.48. The zero-order chi connectivity index (χ0) is 14.3. The van der Waals surface area contributed by atoms with E-state index in [1.807, 2.05) is 25.1 Å². The Morgan fingerprint density at radius 3 is 2.80 bits per heavy atom. The Balaban J connectivity index is 1.84. The van der Waals surface area contributed by atoms with Crippen molar-refractivity contribution in [2.24, 2.45) is 5.41 Å². The van der Waals surface area contributed by atoms with Gasteiger partial charge in [-0.1, -0.05) is 19.9 Å². The van der Waals surface area contributed by atoms with Crippen LogP contribution >= 0.6 is 0 Å². The molecule has 0 aliphatic heterocycles. The summed E-state index contributed by atoms with van der Waals surface area (Å²) < 4.78 is 1.65. The summed E-state index contributed by atoms with van der Waals surface area (Å²) in [6.07, 6.45) is 2.13. The predicted molar refractivity (Wildman–Crippen MR) is 75.7 cm³/mol. The first-order valence-corrected chi connectivity index (χ1v) is 6.77. The molecule has 106 valence electrons. The third-order valence-corrected chi connectivity index (χ3v) is 4.36. The van der Waals surface area contributed by atoms with Gasteiger partial charge in [0.1, 0.15) is 6.33 Å². The topological polar surface area (TPSA) is 75.9 Å². The van der Waals surface area contributed by atoms with E-state index in [4.69, 9.17) is 0 Å². The monoisotopic (exact) mass is 273 g/mol. The van der Waals surface area contributed by atoms with Crippen LogP contribution in [0.4, 0.5) is 5.69 Å². The number of anilines is 1. The molecule has 2 atom stereocenters. The lowest BCUT2D eigenvalue weighted by Crippen LogP contribution is -2.56. The quantitative estimate of drug-likeness (QED) is 0.887. The number of hydrogen-bond acceptors (Lipinski definition) is 5. The number of aromatic nitrogens is 4. The maximum atomic E-state index is 9.80. The highest BCUT2D eigenvalue weighted by atomic mass is 16.3. The molecule has 1 saturated carbocycles. The molecule has 0 bridgehead atoms. The van der Waals surface area contributed by atoms with Crippen molar-refractivity contribution in [3.63, 3.8) is 0 Å². The van der Waals surface area contributed by atoms with Gasteiger partial charge >= 0.3 is 0 Å². The van der Waals surface area contributed by atoms with Crippen LogP contribution in [0.15, 0.2) is 24.5 Å². The van der Waals surface area contributed by atoms with Gasteiger partial charge in [0.25, 0.3) is 0 Å². The van der Waals surface area contributed by atoms with Crippen LogP contribution < -0.4 is 5.32 Å². The van der Waals surface area contributed by atoms with Gasteiger partial charge in [-0.3, -0.25) is 0 Å². The average Bonchev–Trinajstić information content (AvgIpc) is 2.94. The zero-order valence-corrected chi connectivity index (χ0v) is 11.9. The van der Waals surface area contributed by atoms with E-state index in [1.54, 1.807) is 11.0 Å². The van der Waals surface area contributed by atoms with Gasteiger partial charge in [0, 0.05) is 17.1 Å². The van der Waals surface area contributed by atoms with Gasteiger partial charge in [0.15, 0.2) is 0 Å². The number of hydrogen-bond donors (Lipinski definition) is 2. The van der Waals surface area contributed by atoms with Crippen molar-refractivity contribution >= 4 is 5.69 Å². The summed E-state index contributed by atoms with van der Waals surface area (Å²) in [7, 11) is 0. The summed E-state index contributed by atoms with van der Waals surface area (Å²) in [5.41, 5.74) is 2.99. The van der Waals surface area contributed by atoms with Crippen LogP contribution in [-0.2, 0) is 0 Å². The maximum Gasteiger partial charge on any atom is 0.143 e. The highest BCUT2D eigenvalue weighted by Crippen LogP contribution is 2.42. The summed E-state index contributed by atoms with van der Waals surface area (Å²) >= 11 is 0. The summed E-state index contributed by atoms with van der Waals surface area (Å²) in [4.78, 5) is 0. The van der Waals surface area contributed by atoms with Crippen LogP contribution in [-0.4, -0.2) is 37.5 Å². The van der Waals surface area contributed by atoms with E-state index in [9.17, 15) is 5.11 Å². The number of aryl methyl sites for hydroxylation is 1. The molecule has 1 aliphatic carbocycles. The fourth-order valence-electron chi connectivity index (χ4n) is 2.57. The van der Waals surface area contributed by atoms with Crippen LogP contribution in [0.3, 0.4) is 0 Å². The third-order valence-electron chi connectivity index (χ3n) is 4.36. The van der Waals surface area contributed by atoms with Gasteiger partial charge < -0.3 is 10.4 Å². The van der Waals surface area contributed by atoms with Crippen molar-refractivity contribution in [2.45, 2.75) is 39.3 Å². The van der Waals surface area contributed by atoms with Crippen molar-refractivity contribution in [1.82, 2.24) is 20.2 Å². The van der Waals surface area contributed by atoms with Gasteiger partial charge in [0.05, 0.1) is 11.8 Å². The van der Waals surface area contributed by atoms with E-state index in [0.717, 1.165) is 23.4 Å². The largest absolute Gasteiger partial charge is 0.392 e. The minimum atomic E-state index is -0.232. The Kier molecular flexibility index (Phi) is 2.97. The second kappa shape index (κ2) is 4.56. The lowest BCUT2D eigenvalue weighted by atomic mass is 9.64. The predicted octanol–water partition coefficient (Wildman–Crippen LogP) is 1.54. The van der Waals surface area contributed by atoms with E-state index in [2.05, 4.69) is 34.7 Å². The minimum absolute atomic E-state index is 0.0974. The second-order valence-electron chi connectivity index (χ2n) is 6.03. The number of nitrogens with one attached hydrogen (secondary N) is 1. The smallest absolute Gasteiger partial charge is 0.143 e. The number of benzene rings is 1. The highest BCUT2D eigenvalue weighted by Gasteiger charge is 2.47. The van der Waals surface area contributed by atoms with Crippen molar-refractivity contribution in [3.05, 3.63) is 30.1 Å². The summed E-state index contributed by atoms with van der Waals surface area (Å²) in [6, 6.07) is 6.40. The van der Waals surface area contributed by atoms with Gasteiger partial charge in [0.2, 0.25) is 0 Å². The molecule has 0 radical (unpaired) electrons. The lowest BCUT2D eigenvalue weighted by Gasteiger charge is -2.49. The molecule has 2 N–H and O–H groups in total. The molecule has 3 rings (SSSR count). The maximum absolute atomic E-state index is 9.80. The van der Waals surface area contributed by atoms with E-state index in [0.29, 0.717) is 0 Å². The molecule has 1 aromatic carbocycles. The number of rotatable bonds is 3. The van der Waals surface area contributed by atoms with Crippen LogP contribution in [0.5, 0.6) is 0 Å². The standard InChI is InChI=1S/C14H19N5O/c1-9-4-5-10(6-11(9)19-8-15-17-18-19)16-12-7-13(20)14(12,2)3/h4-6,8,12-13,16,20H,7H2,1-3H3. The van der Waals surface area contributed by atoms with Crippen LogP contribution in [0.1, 0.15) is 25.8 Å². The number of aliphatic hydroxyl groups is 1. The van der Waals surface area contributed by atoms with Gasteiger partial charge in [-0.2, -0.15) is 0 Å². The van der Waals surface area contributed by atoms with Gasteiger partial charge in [-0.15, -0.1) is 5.10 Å². The molecule has 0 amide bonds. The molecule has 20 heavy (non-hydrogen) atoms. The van der Waals surface area contributed by atoms with Gasteiger partial charge in [-0.25, -0.2) is 4.68 Å². The van der Waals surface area contributed by atoms with Crippen molar-refractivity contribution in [3.8, 4) is 5.69 Å². The Hall–Kier alpha value is -1.95.